The van der Waals surface area contributed by atoms with Crippen molar-refractivity contribution in [1.82, 2.24) is 4.90 Å². The van der Waals surface area contributed by atoms with E-state index in [9.17, 15) is 9.90 Å². The number of rotatable bonds is 3. The highest BCUT2D eigenvalue weighted by molar-refractivity contribution is 5.87. The number of carbonyl (C=O) groups is 1. The minimum Gasteiger partial charge on any atom is -0.466 e. The molecule has 1 rings (SSSR count). The summed E-state index contributed by atoms with van der Waals surface area (Å²) in [6.45, 7) is 6.24. The summed E-state index contributed by atoms with van der Waals surface area (Å²) >= 11 is 0. The SMILES string of the molecule is COC(=O)C(C)=CCN1CC(C)CC(O)C1. The molecule has 0 aromatic carbocycles. The Labute approximate surface area is 96.9 Å². The lowest BCUT2D eigenvalue weighted by molar-refractivity contribution is -0.136. The van der Waals surface area contributed by atoms with Crippen LogP contribution in [0.1, 0.15) is 20.3 Å². The second-order valence-electron chi connectivity index (χ2n) is 4.59. The van der Waals surface area contributed by atoms with Crippen LogP contribution in [0.2, 0.25) is 0 Å². The summed E-state index contributed by atoms with van der Waals surface area (Å²) in [5.74, 6) is 0.223. The van der Waals surface area contributed by atoms with Gasteiger partial charge in [-0.3, -0.25) is 4.90 Å². The Hall–Kier alpha value is -0.870. The van der Waals surface area contributed by atoms with Crippen molar-refractivity contribution in [2.24, 2.45) is 5.92 Å². The topological polar surface area (TPSA) is 49.8 Å². The molecule has 0 aliphatic carbocycles. The monoisotopic (exact) mass is 227 g/mol. The Kier molecular flexibility index (Phi) is 4.96. The van der Waals surface area contributed by atoms with Gasteiger partial charge >= 0.3 is 5.97 Å². The van der Waals surface area contributed by atoms with E-state index in [2.05, 4.69) is 16.6 Å². The van der Waals surface area contributed by atoms with Crippen molar-refractivity contribution in [3.63, 3.8) is 0 Å². The summed E-state index contributed by atoms with van der Waals surface area (Å²) in [6, 6.07) is 0. The van der Waals surface area contributed by atoms with Crippen molar-refractivity contribution in [3.05, 3.63) is 11.6 Å². The number of aliphatic hydroxyl groups is 1. The smallest absolute Gasteiger partial charge is 0.333 e. The molecule has 0 bridgehead atoms. The second kappa shape index (κ2) is 6.01. The lowest BCUT2D eigenvalue weighted by atomic mass is 9.98. The number of esters is 1. The molecule has 0 aromatic heterocycles. The van der Waals surface area contributed by atoms with E-state index >= 15 is 0 Å². The standard InChI is InChI=1S/C12H21NO3/c1-9-6-11(14)8-13(7-9)5-4-10(2)12(15)16-3/h4,9,11,14H,5-8H2,1-3H3. The van der Waals surface area contributed by atoms with Gasteiger partial charge in [-0.25, -0.2) is 4.79 Å². The minimum absolute atomic E-state index is 0.240. The van der Waals surface area contributed by atoms with Crippen molar-refractivity contribution in [1.29, 1.82) is 0 Å². The average Bonchev–Trinajstić information content (AvgIpc) is 2.23. The highest BCUT2D eigenvalue weighted by Gasteiger charge is 2.22. The largest absolute Gasteiger partial charge is 0.466 e. The van der Waals surface area contributed by atoms with Crippen LogP contribution in [0.5, 0.6) is 0 Å². The molecule has 0 amide bonds. The van der Waals surface area contributed by atoms with Gasteiger partial charge in [-0.15, -0.1) is 0 Å². The molecule has 1 N–H and O–H groups in total. The number of nitrogens with zero attached hydrogens (tertiary/aromatic N) is 1. The number of β-amino-alcohol motifs (C(OH)–C–C–N with tert-alkyl or cyclic N) is 1. The summed E-state index contributed by atoms with van der Waals surface area (Å²) in [5, 5.41) is 9.62. The molecule has 0 aromatic rings. The zero-order valence-corrected chi connectivity index (χ0v) is 10.3. The Morgan fingerprint density at radius 2 is 2.25 bits per heavy atom. The minimum atomic E-state index is -0.286. The number of hydrogen-bond acceptors (Lipinski definition) is 4. The normalized spacial score (nSPS) is 27.9. The fourth-order valence-corrected chi connectivity index (χ4v) is 2.09. The molecule has 2 unspecified atom stereocenters. The number of aliphatic hydroxyl groups excluding tert-OH is 1. The highest BCUT2D eigenvalue weighted by Crippen LogP contribution is 2.16. The number of hydrogen-bond donors (Lipinski definition) is 1. The quantitative estimate of drug-likeness (QED) is 0.572. The number of ether oxygens (including phenoxy) is 1. The maximum Gasteiger partial charge on any atom is 0.333 e. The third-order valence-electron chi connectivity index (χ3n) is 2.88. The van der Waals surface area contributed by atoms with Crippen molar-refractivity contribution in [2.75, 3.05) is 26.7 Å². The van der Waals surface area contributed by atoms with Gasteiger partial charge in [0.1, 0.15) is 0 Å². The third-order valence-corrected chi connectivity index (χ3v) is 2.88. The molecular weight excluding hydrogens is 206 g/mol. The van der Waals surface area contributed by atoms with Gasteiger partial charge in [0.25, 0.3) is 0 Å². The van der Waals surface area contributed by atoms with Crippen LogP contribution >= 0.6 is 0 Å². The first-order valence-electron chi connectivity index (χ1n) is 5.68. The van der Waals surface area contributed by atoms with E-state index in [4.69, 9.17) is 0 Å². The third kappa shape index (κ3) is 3.94. The van der Waals surface area contributed by atoms with E-state index in [-0.39, 0.29) is 12.1 Å². The maximum atomic E-state index is 11.2. The molecule has 2 atom stereocenters. The Morgan fingerprint density at radius 1 is 1.56 bits per heavy atom. The summed E-state index contributed by atoms with van der Waals surface area (Å²) < 4.78 is 4.62. The number of carbonyl (C=O) groups excluding carboxylic acids is 1. The van der Waals surface area contributed by atoms with Crippen LogP contribution in [0, 0.1) is 5.92 Å². The second-order valence-corrected chi connectivity index (χ2v) is 4.59. The Balaban J connectivity index is 2.45. The van der Waals surface area contributed by atoms with Crippen molar-refractivity contribution in [3.8, 4) is 0 Å². The highest BCUT2D eigenvalue weighted by atomic mass is 16.5. The molecule has 4 nitrogen and oxygen atoms in total. The first-order valence-corrected chi connectivity index (χ1v) is 5.68. The first kappa shape index (κ1) is 13.2. The lowest BCUT2D eigenvalue weighted by Gasteiger charge is -2.33. The fourth-order valence-electron chi connectivity index (χ4n) is 2.09. The summed E-state index contributed by atoms with van der Waals surface area (Å²) in [7, 11) is 1.38. The predicted molar refractivity (Wildman–Crippen MR) is 62.0 cm³/mol. The van der Waals surface area contributed by atoms with Gasteiger partial charge in [0.2, 0.25) is 0 Å². The molecule has 4 heteroatoms. The van der Waals surface area contributed by atoms with Gasteiger partial charge in [0.05, 0.1) is 13.2 Å². The summed E-state index contributed by atoms with van der Waals surface area (Å²) in [5.41, 5.74) is 0.621. The van der Waals surface area contributed by atoms with Crippen LogP contribution in [0.4, 0.5) is 0 Å². The van der Waals surface area contributed by atoms with E-state index in [0.29, 0.717) is 24.6 Å². The Bertz CT molecular complexity index is 265. The molecule has 1 heterocycles. The van der Waals surface area contributed by atoms with E-state index in [1.165, 1.54) is 7.11 Å². The maximum absolute atomic E-state index is 11.2. The fraction of sp³-hybridized carbons (Fsp3) is 0.750. The molecule has 1 fully saturated rings. The molecule has 1 aliphatic heterocycles. The van der Waals surface area contributed by atoms with Crippen LogP contribution in [0.25, 0.3) is 0 Å². The number of piperidine rings is 1. The van der Waals surface area contributed by atoms with Crippen molar-refractivity contribution < 1.29 is 14.6 Å². The molecular formula is C12H21NO3. The van der Waals surface area contributed by atoms with Crippen LogP contribution < -0.4 is 0 Å². The van der Waals surface area contributed by atoms with Gasteiger partial charge in [0.15, 0.2) is 0 Å². The van der Waals surface area contributed by atoms with Crippen molar-refractivity contribution >= 4 is 5.97 Å². The average molecular weight is 227 g/mol. The number of methoxy groups -OCH3 is 1. The molecule has 92 valence electrons. The Morgan fingerprint density at radius 3 is 2.81 bits per heavy atom. The zero-order chi connectivity index (χ0) is 12.1. The summed E-state index contributed by atoms with van der Waals surface area (Å²) in [6.07, 6.45) is 2.49. The lowest BCUT2D eigenvalue weighted by Crippen LogP contribution is -2.42. The van der Waals surface area contributed by atoms with Gasteiger partial charge in [0, 0.05) is 25.2 Å². The van der Waals surface area contributed by atoms with Crippen LogP contribution in [-0.2, 0) is 9.53 Å². The molecule has 0 saturated carbocycles. The van der Waals surface area contributed by atoms with E-state index in [0.717, 1.165) is 13.0 Å². The van der Waals surface area contributed by atoms with Crippen LogP contribution in [-0.4, -0.2) is 48.8 Å². The number of likely N-dealkylation sites (tertiary alicyclic amines) is 1. The van der Waals surface area contributed by atoms with Gasteiger partial charge in [-0.2, -0.15) is 0 Å². The van der Waals surface area contributed by atoms with Gasteiger partial charge < -0.3 is 9.84 Å². The zero-order valence-electron chi connectivity index (χ0n) is 10.3. The molecule has 0 spiro atoms. The first-order chi connectivity index (χ1) is 7.52. The van der Waals surface area contributed by atoms with Crippen LogP contribution in [0.15, 0.2) is 11.6 Å². The molecule has 0 radical (unpaired) electrons. The van der Waals surface area contributed by atoms with E-state index < -0.39 is 0 Å². The molecule has 1 aliphatic rings. The van der Waals surface area contributed by atoms with Crippen LogP contribution in [0.3, 0.4) is 0 Å². The van der Waals surface area contributed by atoms with E-state index in [1.54, 1.807) is 6.92 Å². The molecule has 1 saturated heterocycles. The predicted octanol–water partition coefficient (Wildman–Crippen LogP) is 0.808. The van der Waals surface area contributed by atoms with E-state index in [1.807, 2.05) is 6.08 Å². The summed E-state index contributed by atoms with van der Waals surface area (Å²) in [4.78, 5) is 13.3. The van der Waals surface area contributed by atoms with Crippen molar-refractivity contribution in [2.45, 2.75) is 26.4 Å². The van der Waals surface area contributed by atoms with Gasteiger partial charge in [-0.1, -0.05) is 13.0 Å². The molecule has 16 heavy (non-hydrogen) atoms. The van der Waals surface area contributed by atoms with Gasteiger partial charge in [-0.05, 0) is 19.3 Å².